The lowest BCUT2D eigenvalue weighted by atomic mass is 9.35. The maximum atomic E-state index is 12.9. The van der Waals surface area contributed by atoms with Gasteiger partial charge in [0.1, 0.15) is 5.78 Å². The van der Waals surface area contributed by atoms with Crippen LogP contribution >= 0.6 is 0 Å². The molecule has 0 aromatic heterocycles. The van der Waals surface area contributed by atoms with Crippen LogP contribution in [0.2, 0.25) is 0 Å². The molecule has 0 aliphatic heterocycles. The highest BCUT2D eigenvalue weighted by molar-refractivity contribution is 5.98. The Morgan fingerprint density at radius 1 is 1.04 bits per heavy atom. The molecule has 7 unspecified atom stereocenters. The average molecular weight is 344 g/mol. The molecule has 0 spiro atoms. The van der Waals surface area contributed by atoms with Crippen molar-refractivity contribution in [1.82, 2.24) is 0 Å². The largest absolute Gasteiger partial charge is 0.392 e. The summed E-state index contributed by atoms with van der Waals surface area (Å²) in [6.45, 7) is 11.0. The summed E-state index contributed by atoms with van der Waals surface area (Å²) in [6.07, 6.45) is 7.48. The molecule has 3 nitrogen and oxygen atoms in total. The number of aliphatic hydroxyl groups excluding tert-OH is 1. The minimum absolute atomic E-state index is 0.0161. The van der Waals surface area contributed by atoms with Crippen LogP contribution in [0.1, 0.15) is 66.7 Å². The van der Waals surface area contributed by atoms with Crippen LogP contribution in [-0.2, 0) is 9.59 Å². The Labute approximate surface area is 151 Å². The lowest BCUT2D eigenvalue weighted by molar-refractivity contribution is -0.215. The lowest BCUT2D eigenvalue weighted by Crippen LogP contribution is -2.66. The van der Waals surface area contributed by atoms with Crippen molar-refractivity contribution in [2.75, 3.05) is 0 Å². The van der Waals surface area contributed by atoms with Gasteiger partial charge in [0.2, 0.25) is 0 Å². The third kappa shape index (κ3) is 1.81. The van der Waals surface area contributed by atoms with Crippen LogP contribution in [0.25, 0.3) is 0 Å². The number of Topliss-reactive ketones (excluding diaryl/α,β-unsaturated/α-hetero) is 1. The molecule has 4 aliphatic carbocycles. The van der Waals surface area contributed by atoms with Gasteiger partial charge in [-0.15, -0.1) is 0 Å². The van der Waals surface area contributed by atoms with Crippen molar-refractivity contribution < 1.29 is 14.7 Å². The van der Waals surface area contributed by atoms with Gasteiger partial charge < -0.3 is 5.11 Å². The van der Waals surface area contributed by atoms with E-state index in [0.717, 1.165) is 25.7 Å². The van der Waals surface area contributed by atoms with Gasteiger partial charge in [0, 0.05) is 23.2 Å². The Kier molecular flexibility index (Phi) is 3.39. The third-order valence-corrected chi connectivity index (χ3v) is 9.51. The predicted molar refractivity (Wildman–Crippen MR) is 96.8 cm³/mol. The first-order valence-electron chi connectivity index (χ1n) is 9.93. The Hall–Kier alpha value is -0.960. The van der Waals surface area contributed by atoms with Crippen molar-refractivity contribution in [3.05, 3.63) is 12.2 Å². The molecular weight excluding hydrogens is 312 g/mol. The summed E-state index contributed by atoms with van der Waals surface area (Å²) in [4.78, 5) is 25.5. The van der Waals surface area contributed by atoms with E-state index in [1.807, 2.05) is 6.08 Å². The van der Waals surface area contributed by atoms with Crippen molar-refractivity contribution in [3.8, 4) is 0 Å². The van der Waals surface area contributed by atoms with E-state index in [4.69, 9.17) is 0 Å². The number of hydrogen-bond acceptors (Lipinski definition) is 3. The van der Waals surface area contributed by atoms with Crippen molar-refractivity contribution in [3.63, 3.8) is 0 Å². The van der Waals surface area contributed by atoms with E-state index in [0.29, 0.717) is 18.1 Å². The SMILES string of the molecule is CC1(C)C(=O)CCC2(C)C1CCC1(C)C2CC(O)C2C=CC(=O)C21C. The van der Waals surface area contributed by atoms with E-state index in [-0.39, 0.29) is 33.9 Å². The van der Waals surface area contributed by atoms with E-state index >= 15 is 0 Å². The molecule has 1 N–H and O–H groups in total. The molecule has 0 amide bonds. The fourth-order valence-corrected chi connectivity index (χ4v) is 7.79. The Balaban J connectivity index is 1.83. The summed E-state index contributed by atoms with van der Waals surface area (Å²) in [5, 5.41) is 10.9. The zero-order chi connectivity index (χ0) is 18.4. The minimum atomic E-state index is -0.505. The number of allylic oxidation sites excluding steroid dienone is 1. The highest BCUT2D eigenvalue weighted by atomic mass is 16.3. The second-order valence-corrected chi connectivity index (χ2v) is 10.5. The van der Waals surface area contributed by atoms with Crippen LogP contribution in [0.5, 0.6) is 0 Å². The molecular formula is C22H32O3. The van der Waals surface area contributed by atoms with Crippen molar-refractivity contribution in [2.45, 2.75) is 72.8 Å². The average Bonchev–Trinajstić information content (AvgIpc) is 2.84. The number of carbonyl (C=O) groups excluding carboxylic acids is 2. The molecule has 0 saturated heterocycles. The van der Waals surface area contributed by atoms with Crippen LogP contribution in [0, 0.1) is 39.4 Å². The number of ketones is 2. The monoisotopic (exact) mass is 344 g/mol. The quantitative estimate of drug-likeness (QED) is 0.724. The zero-order valence-corrected chi connectivity index (χ0v) is 16.3. The summed E-state index contributed by atoms with van der Waals surface area (Å²) in [6, 6.07) is 0. The molecule has 0 aromatic rings. The van der Waals surface area contributed by atoms with Gasteiger partial charge in [-0.25, -0.2) is 0 Å². The molecule has 7 atom stereocenters. The topological polar surface area (TPSA) is 54.4 Å². The van der Waals surface area contributed by atoms with Crippen LogP contribution in [0.15, 0.2) is 12.2 Å². The summed E-state index contributed by atoms with van der Waals surface area (Å²) < 4.78 is 0. The van der Waals surface area contributed by atoms with Gasteiger partial charge >= 0.3 is 0 Å². The molecule has 0 radical (unpaired) electrons. The van der Waals surface area contributed by atoms with E-state index in [1.165, 1.54) is 0 Å². The van der Waals surface area contributed by atoms with E-state index in [2.05, 4.69) is 34.6 Å². The first-order valence-corrected chi connectivity index (χ1v) is 9.93. The van der Waals surface area contributed by atoms with Crippen molar-refractivity contribution in [2.24, 2.45) is 39.4 Å². The molecule has 0 bridgehead atoms. The van der Waals surface area contributed by atoms with E-state index in [9.17, 15) is 14.7 Å². The molecule has 138 valence electrons. The Morgan fingerprint density at radius 2 is 1.72 bits per heavy atom. The van der Waals surface area contributed by atoms with Crippen LogP contribution in [0.4, 0.5) is 0 Å². The van der Waals surface area contributed by atoms with E-state index < -0.39 is 11.5 Å². The van der Waals surface area contributed by atoms with Crippen LogP contribution < -0.4 is 0 Å². The highest BCUT2D eigenvalue weighted by Gasteiger charge is 2.70. The maximum absolute atomic E-state index is 12.9. The number of hydrogen-bond donors (Lipinski definition) is 1. The Morgan fingerprint density at radius 3 is 2.40 bits per heavy atom. The number of aliphatic hydroxyl groups is 1. The second-order valence-electron chi connectivity index (χ2n) is 10.5. The summed E-state index contributed by atoms with van der Waals surface area (Å²) in [5.41, 5.74) is -0.897. The van der Waals surface area contributed by atoms with Gasteiger partial charge in [-0.3, -0.25) is 9.59 Å². The normalized spacial score (nSPS) is 54.0. The Bertz CT molecular complexity index is 677. The minimum Gasteiger partial charge on any atom is -0.392 e. The smallest absolute Gasteiger partial charge is 0.162 e. The summed E-state index contributed by atoms with van der Waals surface area (Å²) in [5.74, 6) is 1.15. The molecule has 3 fully saturated rings. The fraction of sp³-hybridized carbons (Fsp3) is 0.818. The maximum Gasteiger partial charge on any atom is 0.162 e. The number of rotatable bonds is 0. The third-order valence-electron chi connectivity index (χ3n) is 9.51. The van der Waals surface area contributed by atoms with Gasteiger partial charge in [-0.2, -0.15) is 0 Å². The van der Waals surface area contributed by atoms with Crippen LogP contribution in [-0.4, -0.2) is 22.8 Å². The molecule has 4 aliphatic rings. The van der Waals surface area contributed by atoms with Gasteiger partial charge in [-0.05, 0) is 54.4 Å². The van der Waals surface area contributed by atoms with Crippen molar-refractivity contribution in [1.29, 1.82) is 0 Å². The summed E-state index contributed by atoms with van der Waals surface area (Å²) >= 11 is 0. The van der Waals surface area contributed by atoms with Crippen LogP contribution in [0.3, 0.4) is 0 Å². The van der Waals surface area contributed by atoms with Gasteiger partial charge in [-0.1, -0.05) is 40.7 Å². The van der Waals surface area contributed by atoms with Gasteiger partial charge in [0.25, 0.3) is 0 Å². The number of fused-ring (bicyclic) bond motifs is 5. The highest BCUT2D eigenvalue weighted by Crippen LogP contribution is 2.72. The predicted octanol–water partition coefficient (Wildman–Crippen LogP) is 3.94. The second kappa shape index (κ2) is 4.85. The number of carbonyl (C=O) groups is 2. The first kappa shape index (κ1) is 17.5. The fourth-order valence-electron chi connectivity index (χ4n) is 7.79. The van der Waals surface area contributed by atoms with Gasteiger partial charge in [0.05, 0.1) is 6.10 Å². The molecule has 0 heterocycles. The zero-order valence-electron chi connectivity index (χ0n) is 16.3. The van der Waals surface area contributed by atoms with Gasteiger partial charge in [0.15, 0.2) is 5.78 Å². The summed E-state index contributed by atoms with van der Waals surface area (Å²) in [7, 11) is 0. The first-order chi connectivity index (χ1) is 11.5. The lowest BCUT2D eigenvalue weighted by Gasteiger charge is -2.68. The molecule has 4 rings (SSSR count). The molecule has 25 heavy (non-hydrogen) atoms. The van der Waals surface area contributed by atoms with E-state index in [1.54, 1.807) is 6.08 Å². The molecule has 3 heteroatoms. The molecule has 3 saturated carbocycles. The van der Waals surface area contributed by atoms with Crippen molar-refractivity contribution >= 4 is 11.6 Å². The molecule has 0 aromatic carbocycles. The standard InChI is InChI=1S/C22H32O3/c1-19(2)15-8-11-21(4)16(20(15,3)10-9-17(19)24)12-14(23)13-6-7-18(25)22(13,21)5/h6-7,13-16,23H,8-12H2,1-5H3.